The van der Waals surface area contributed by atoms with Gasteiger partial charge in [-0.25, -0.2) is 13.2 Å². The van der Waals surface area contributed by atoms with Crippen LogP contribution in [0.3, 0.4) is 0 Å². The highest BCUT2D eigenvalue weighted by Gasteiger charge is 2.71. The third-order valence-electron chi connectivity index (χ3n) is 3.23. The third-order valence-corrected chi connectivity index (χ3v) is 3.23. The Bertz CT molecular complexity index is 481. The van der Waals surface area contributed by atoms with Gasteiger partial charge in [-0.2, -0.15) is 13.2 Å². The molecule has 0 heterocycles. The summed E-state index contributed by atoms with van der Waals surface area (Å²) in [6, 6.07) is 1.49. The molecule has 1 atom stereocenters. The first-order valence-electron chi connectivity index (χ1n) is 5.08. The second-order valence-corrected chi connectivity index (χ2v) is 4.39. The minimum absolute atomic E-state index is 0.272. The molecule has 0 aliphatic heterocycles. The molecule has 0 saturated heterocycles. The number of alkyl halides is 5. The van der Waals surface area contributed by atoms with E-state index in [1.165, 1.54) is 0 Å². The smallest absolute Gasteiger partial charge is 0.329 e. The molecule has 2 N–H and O–H groups in total. The van der Waals surface area contributed by atoms with Crippen molar-refractivity contribution < 1.29 is 26.3 Å². The molecule has 0 aromatic heterocycles. The number of halogens is 6. The van der Waals surface area contributed by atoms with Gasteiger partial charge in [0.1, 0.15) is 5.82 Å². The summed E-state index contributed by atoms with van der Waals surface area (Å²) < 4.78 is 76.9. The number of rotatable bonds is 2. The highest BCUT2D eigenvalue weighted by Crippen LogP contribution is 2.61. The number of hydrogen-bond acceptors (Lipinski definition) is 1. The molecule has 1 aromatic rings. The van der Waals surface area contributed by atoms with E-state index in [9.17, 15) is 26.3 Å². The number of nitrogens with two attached hydrogens (primary N) is 1. The quantitative estimate of drug-likeness (QED) is 0.820. The largest absolute Gasteiger partial charge is 0.416 e. The van der Waals surface area contributed by atoms with Crippen LogP contribution in [0.5, 0.6) is 0 Å². The Kier molecular flexibility index (Phi) is 2.66. The Hall–Kier alpha value is -1.24. The van der Waals surface area contributed by atoms with Gasteiger partial charge in [0.2, 0.25) is 0 Å². The lowest BCUT2D eigenvalue weighted by Crippen LogP contribution is -2.27. The molecule has 1 fully saturated rings. The van der Waals surface area contributed by atoms with Crippen LogP contribution in [0.1, 0.15) is 17.5 Å². The standard InChI is InChI=1S/C11H9F6N/c12-8-2-6(1-7(3-8)11(15,16)17)9(5-18)4-10(9,13)14/h1-3H,4-5,18H2. The molecular weight excluding hydrogens is 260 g/mol. The maximum absolute atomic E-state index is 13.2. The fraction of sp³-hybridized carbons (Fsp3) is 0.455. The van der Waals surface area contributed by atoms with Crippen LogP contribution in [0.15, 0.2) is 18.2 Å². The van der Waals surface area contributed by atoms with Crippen LogP contribution in [-0.4, -0.2) is 12.5 Å². The third kappa shape index (κ3) is 1.86. The van der Waals surface area contributed by atoms with Crippen LogP contribution in [-0.2, 0) is 11.6 Å². The van der Waals surface area contributed by atoms with E-state index in [4.69, 9.17) is 5.73 Å². The molecule has 100 valence electrons. The van der Waals surface area contributed by atoms with Crippen molar-refractivity contribution in [3.8, 4) is 0 Å². The van der Waals surface area contributed by atoms with E-state index in [0.29, 0.717) is 12.1 Å². The van der Waals surface area contributed by atoms with Crippen LogP contribution in [0.4, 0.5) is 26.3 Å². The van der Waals surface area contributed by atoms with E-state index >= 15 is 0 Å². The molecule has 0 bridgehead atoms. The normalized spacial score (nSPS) is 26.2. The Labute approximate surface area is 98.6 Å². The maximum Gasteiger partial charge on any atom is 0.416 e. The fourth-order valence-corrected chi connectivity index (χ4v) is 2.02. The highest BCUT2D eigenvalue weighted by atomic mass is 19.4. The van der Waals surface area contributed by atoms with Gasteiger partial charge < -0.3 is 5.73 Å². The summed E-state index contributed by atoms with van der Waals surface area (Å²) in [5, 5.41) is 0. The second-order valence-electron chi connectivity index (χ2n) is 4.39. The minimum atomic E-state index is -4.78. The van der Waals surface area contributed by atoms with Crippen molar-refractivity contribution in [3.05, 3.63) is 35.1 Å². The van der Waals surface area contributed by atoms with Crippen LogP contribution in [0, 0.1) is 5.82 Å². The topological polar surface area (TPSA) is 26.0 Å². The van der Waals surface area contributed by atoms with Gasteiger partial charge in [0, 0.05) is 13.0 Å². The van der Waals surface area contributed by atoms with Crippen molar-refractivity contribution in [1.82, 2.24) is 0 Å². The number of hydrogen-bond donors (Lipinski definition) is 1. The summed E-state index contributed by atoms with van der Waals surface area (Å²) in [5.74, 6) is -4.38. The SMILES string of the molecule is NCC1(c2cc(F)cc(C(F)(F)F)c2)CC1(F)F. The molecule has 0 spiro atoms. The van der Waals surface area contributed by atoms with Gasteiger partial charge in [-0.15, -0.1) is 0 Å². The molecule has 2 rings (SSSR count). The molecule has 0 amide bonds. The van der Waals surface area contributed by atoms with Gasteiger partial charge in [0.15, 0.2) is 0 Å². The molecule has 1 aliphatic carbocycles. The zero-order valence-electron chi connectivity index (χ0n) is 8.99. The Morgan fingerprint density at radius 1 is 1.17 bits per heavy atom. The molecule has 1 saturated carbocycles. The number of benzene rings is 1. The summed E-state index contributed by atoms with van der Waals surface area (Å²) in [4.78, 5) is 0. The van der Waals surface area contributed by atoms with E-state index in [1.54, 1.807) is 0 Å². The van der Waals surface area contributed by atoms with Crippen molar-refractivity contribution in [2.45, 2.75) is 23.9 Å². The van der Waals surface area contributed by atoms with E-state index in [1.807, 2.05) is 0 Å². The maximum atomic E-state index is 13.2. The van der Waals surface area contributed by atoms with Gasteiger partial charge in [0.05, 0.1) is 11.0 Å². The zero-order chi connectivity index (χ0) is 13.8. The Morgan fingerprint density at radius 2 is 1.72 bits per heavy atom. The Morgan fingerprint density at radius 3 is 2.11 bits per heavy atom. The van der Waals surface area contributed by atoms with Crippen molar-refractivity contribution in [3.63, 3.8) is 0 Å². The van der Waals surface area contributed by atoms with Gasteiger partial charge in [-0.1, -0.05) is 0 Å². The lowest BCUT2D eigenvalue weighted by Gasteiger charge is -2.16. The predicted octanol–water partition coefficient (Wildman–Crippen LogP) is 3.08. The van der Waals surface area contributed by atoms with Crippen molar-refractivity contribution >= 4 is 0 Å². The summed E-state index contributed by atoms with van der Waals surface area (Å²) in [7, 11) is 0. The molecule has 0 radical (unpaired) electrons. The average molecular weight is 269 g/mol. The zero-order valence-corrected chi connectivity index (χ0v) is 8.99. The van der Waals surface area contributed by atoms with E-state index in [-0.39, 0.29) is 6.07 Å². The molecule has 1 aliphatic rings. The fourth-order valence-electron chi connectivity index (χ4n) is 2.02. The van der Waals surface area contributed by atoms with E-state index in [2.05, 4.69) is 0 Å². The van der Waals surface area contributed by atoms with Crippen molar-refractivity contribution in [1.29, 1.82) is 0 Å². The summed E-state index contributed by atoms with van der Waals surface area (Å²) >= 11 is 0. The second kappa shape index (κ2) is 3.63. The first-order chi connectivity index (χ1) is 8.12. The van der Waals surface area contributed by atoms with Crippen LogP contribution in [0.25, 0.3) is 0 Å². The minimum Gasteiger partial charge on any atom is -0.329 e. The lowest BCUT2D eigenvalue weighted by atomic mass is 9.93. The van der Waals surface area contributed by atoms with E-state index in [0.717, 1.165) is 0 Å². The predicted molar refractivity (Wildman–Crippen MR) is 51.7 cm³/mol. The molecule has 1 unspecified atom stereocenters. The molecule has 7 heteroatoms. The van der Waals surface area contributed by atoms with E-state index < -0.39 is 47.4 Å². The van der Waals surface area contributed by atoms with Gasteiger partial charge in [-0.05, 0) is 23.8 Å². The highest BCUT2D eigenvalue weighted by molar-refractivity contribution is 5.41. The van der Waals surface area contributed by atoms with Gasteiger partial charge in [-0.3, -0.25) is 0 Å². The first-order valence-corrected chi connectivity index (χ1v) is 5.08. The molecule has 1 aromatic carbocycles. The summed E-state index contributed by atoms with van der Waals surface area (Å²) in [5.41, 5.74) is 1.65. The van der Waals surface area contributed by atoms with Crippen LogP contribution >= 0.6 is 0 Å². The van der Waals surface area contributed by atoms with Crippen LogP contribution < -0.4 is 5.73 Å². The van der Waals surface area contributed by atoms with Crippen molar-refractivity contribution in [2.24, 2.45) is 5.73 Å². The first kappa shape index (κ1) is 13.2. The lowest BCUT2D eigenvalue weighted by molar-refractivity contribution is -0.137. The van der Waals surface area contributed by atoms with Gasteiger partial charge >= 0.3 is 6.18 Å². The molecule has 1 nitrogen and oxygen atoms in total. The average Bonchev–Trinajstić information content (AvgIpc) is 2.80. The summed E-state index contributed by atoms with van der Waals surface area (Å²) in [6.07, 6.45) is -5.44. The van der Waals surface area contributed by atoms with Crippen molar-refractivity contribution in [2.75, 3.05) is 6.54 Å². The monoisotopic (exact) mass is 269 g/mol. The molecule has 18 heavy (non-hydrogen) atoms. The molecular formula is C11H9F6N. The summed E-state index contributed by atoms with van der Waals surface area (Å²) in [6.45, 7) is -0.527. The van der Waals surface area contributed by atoms with Gasteiger partial charge in [0.25, 0.3) is 5.92 Å². The van der Waals surface area contributed by atoms with Crippen LogP contribution in [0.2, 0.25) is 0 Å². The Balaban J connectivity index is 2.51.